The molecule has 0 bridgehead atoms. The molecule has 1 amide bonds. The van der Waals surface area contributed by atoms with Gasteiger partial charge < -0.3 is 14.8 Å². The van der Waals surface area contributed by atoms with E-state index in [9.17, 15) is 4.79 Å². The SMILES string of the molecule is CCOc1ccc(-c2nonc2NC(=O)COc2ccc(C)c(C)c2)cc1C. The molecule has 0 spiro atoms. The number of rotatable bonds is 7. The number of nitrogens with one attached hydrogen (secondary N) is 1. The minimum atomic E-state index is -0.349. The van der Waals surface area contributed by atoms with Crippen LogP contribution in [0.4, 0.5) is 5.82 Å². The Morgan fingerprint density at radius 2 is 1.82 bits per heavy atom. The van der Waals surface area contributed by atoms with Crippen molar-refractivity contribution in [2.24, 2.45) is 0 Å². The first kappa shape index (κ1) is 19.4. The Hall–Kier alpha value is -3.35. The normalized spacial score (nSPS) is 10.6. The van der Waals surface area contributed by atoms with Crippen molar-refractivity contribution in [3.63, 3.8) is 0 Å². The zero-order chi connectivity index (χ0) is 20.1. The maximum absolute atomic E-state index is 12.3. The topological polar surface area (TPSA) is 86.5 Å². The summed E-state index contributed by atoms with van der Waals surface area (Å²) in [6, 6.07) is 11.3. The van der Waals surface area contributed by atoms with E-state index in [2.05, 4.69) is 15.6 Å². The Kier molecular flexibility index (Phi) is 5.93. The van der Waals surface area contributed by atoms with Gasteiger partial charge in [0.2, 0.25) is 5.82 Å². The molecule has 0 aliphatic rings. The van der Waals surface area contributed by atoms with Gasteiger partial charge in [-0.25, -0.2) is 4.63 Å². The van der Waals surface area contributed by atoms with Crippen LogP contribution in [0.25, 0.3) is 11.3 Å². The smallest absolute Gasteiger partial charge is 0.263 e. The van der Waals surface area contributed by atoms with Gasteiger partial charge in [0.15, 0.2) is 12.3 Å². The summed E-state index contributed by atoms with van der Waals surface area (Å²) in [6.45, 7) is 8.34. The number of ether oxygens (including phenoxy) is 2. The maximum atomic E-state index is 12.3. The summed E-state index contributed by atoms with van der Waals surface area (Å²) < 4.78 is 15.9. The highest BCUT2D eigenvalue weighted by Gasteiger charge is 2.16. The van der Waals surface area contributed by atoms with Crippen molar-refractivity contribution in [3.05, 3.63) is 53.1 Å². The predicted octanol–water partition coefficient (Wildman–Crippen LogP) is 4.08. The van der Waals surface area contributed by atoms with Gasteiger partial charge in [-0.05, 0) is 85.0 Å². The Morgan fingerprint density at radius 3 is 2.54 bits per heavy atom. The number of anilines is 1. The Bertz CT molecular complexity index is 982. The fourth-order valence-electron chi connectivity index (χ4n) is 2.69. The van der Waals surface area contributed by atoms with E-state index in [-0.39, 0.29) is 18.3 Å². The second-order valence-corrected chi connectivity index (χ2v) is 6.46. The zero-order valence-corrected chi connectivity index (χ0v) is 16.4. The van der Waals surface area contributed by atoms with Gasteiger partial charge in [-0.3, -0.25) is 4.79 Å². The van der Waals surface area contributed by atoms with E-state index in [1.165, 1.54) is 5.56 Å². The lowest BCUT2D eigenvalue weighted by Gasteiger charge is -2.09. The lowest BCUT2D eigenvalue weighted by Crippen LogP contribution is -2.20. The van der Waals surface area contributed by atoms with Crippen LogP contribution in [-0.2, 0) is 4.79 Å². The molecule has 7 nitrogen and oxygen atoms in total. The first-order chi connectivity index (χ1) is 13.5. The highest BCUT2D eigenvalue weighted by Crippen LogP contribution is 2.29. The molecule has 3 aromatic rings. The number of carbonyl (C=O) groups excluding carboxylic acids is 1. The molecule has 1 aromatic heterocycles. The summed E-state index contributed by atoms with van der Waals surface area (Å²) in [5.41, 5.74) is 4.45. The fourth-order valence-corrected chi connectivity index (χ4v) is 2.69. The van der Waals surface area contributed by atoms with E-state index in [1.807, 2.05) is 64.1 Å². The largest absolute Gasteiger partial charge is 0.494 e. The third-order valence-corrected chi connectivity index (χ3v) is 4.34. The number of nitrogens with zero attached hydrogens (tertiary/aromatic N) is 2. The van der Waals surface area contributed by atoms with Gasteiger partial charge in [-0.15, -0.1) is 0 Å². The van der Waals surface area contributed by atoms with Crippen molar-refractivity contribution < 1.29 is 18.9 Å². The van der Waals surface area contributed by atoms with Crippen LogP contribution in [0.5, 0.6) is 11.5 Å². The molecule has 0 aliphatic carbocycles. The fraction of sp³-hybridized carbons (Fsp3) is 0.286. The van der Waals surface area contributed by atoms with Gasteiger partial charge >= 0.3 is 0 Å². The van der Waals surface area contributed by atoms with Gasteiger partial charge in [-0.1, -0.05) is 6.07 Å². The van der Waals surface area contributed by atoms with Crippen molar-refractivity contribution >= 4 is 11.7 Å². The molecule has 0 radical (unpaired) electrons. The van der Waals surface area contributed by atoms with E-state index >= 15 is 0 Å². The van der Waals surface area contributed by atoms with E-state index in [4.69, 9.17) is 14.1 Å². The molecule has 146 valence electrons. The number of aromatic nitrogens is 2. The molecule has 1 N–H and O–H groups in total. The first-order valence-electron chi connectivity index (χ1n) is 9.04. The lowest BCUT2D eigenvalue weighted by atomic mass is 10.1. The van der Waals surface area contributed by atoms with Crippen LogP contribution in [0, 0.1) is 20.8 Å². The number of carbonyl (C=O) groups is 1. The molecule has 0 unspecified atom stereocenters. The molecule has 0 atom stereocenters. The van der Waals surface area contributed by atoms with E-state index in [1.54, 1.807) is 0 Å². The zero-order valence-electron chi connectivity index (χ0n) is 16.4. The molecule has 2 aromatic carbocycles. The average Bonchev–Trinajstić information content (AvgIpc) is 3.12. The molecule has 0 saturated carbocycles. The van der Waals surface area contributed by atoms with Crippen LogP contribution < -0.4 is 14.8 Å². The van der Waals surface area contributed by atoms with Crippen molar-refractivity contribution in [1.29, 1.82) is 0 Å². The Morgan fingerprint density at radius 1 is 1.00 bits per heavy atom. The average molecular weight is 381 g/mol. The maximum Gasteiger partial charge on any atom is 0.263 e. The molecule has 1 heterocycles. The molecule has 3 rings (SSSR count). The summed E-state index contributed by atoms with van der Waals surface area (Å²) in [4.78, 5) is 12.3. The van der Waals surface area contributed by atoms with Gasteiger partial charge in [-0.2, -0.15) is 0 Å². The van der Waals surface area contributed by atoms with Gasteiger partial charge in [0.05, 0.1) is 6.61 Å². The monoisotopic (exact) mass is 381 g/mol. The van der Waals surface area contributed by atoms with Crippen molar-refractivity contribution in [1.82, 2.24) is 10.3 Å². The van der Waals surface area contributed by atoms with Gasteiger partial charge in [0.1, 0.15) is 11.5 Å². The highest BCUT2D eigenvalue weighted by atomic mass is 16.6. The minimum Gasteiger partial charge on any atom is -0.494 e. The van der Waals surface area contributed by atoms with Crippen LogP contribution in [0.1, 0.15) is 23.6 Å². The molecule has 0 fully saturated rings. The van der Waals surface area contributed by atoms with Crippen LogP contribution in [0.15, 0.2) is 41.0 Å². The summed E-state index contributed by atoms with van der Waals surface area (Å²) in [5, 5.41) is 10.4. The molecule has 28 heavy (non-hydrogen) atoms. The van der Waals surface area contributed by atoms with Crippen molar-refractivity contribution in [2.75, 3.05) is 18.5 Å². The predicted molar refractivity (Wildman–Crippen MR) is 106 cm³/mol. The second kappa shape index (κ2) is 8.56. The standard InChI is InChI=1S/C21H23N3O4/c1-5-26-18-9-7-16(10-15(18)4)20-21(24-28-23-20)22-19(25)12-27-17-8-6-13(2)14(3)11-17/h6-11H,5,12H2,1-4H3,(H,22,24,25). The van der Waals surface area contributed by atoms with Gasteiger partial charge in [0.25, 0.3) is 5.91 Å². The van der Waals surface area contributed by atoms with Crippen LogP contribution >= 0.6 is 0 Å². The summed E-state index contributed by atoms with van der Waals surface area (Å²) in [5.74, 6) is 1.34. The molecule has 0 saturated heterocycles. The summed E-state index contributed by atoms with van der Waals surface area (Å²) in [7, 11) is 0. The van der Waals surface area contributed by atoms with Crippen LogP contribution in [0.3, 0.4) is 0 Å². The number of hydrogen-bond donors (Lipinski definition) is 1. The van der Waals surface area contributed by atoms with Crippen molar-refractivity contribution in [2.45, 2.75) is 27.7 Å². The summed E-state index contributed by atoms with van der Waals surface area (Å²) in [6.07, 6.45) is 0. The van der Waals surface area contributed by atoms with E-state index < -0.39 is 0 Å². The highest BCUT2D eigenvalue weighted by molar-refractivity contribution is 5.94. The van der Waals surface area contributed by atoms with E-state index in [0.717, 1.165) is 22.4 Å². The third-order valence-electron chi connectivity index (χ3n) is 4.34. The number of hydrogen-bond acceptors (Lipinski definition) is 6. The second-order valence-electron chi connectivity index (χ2n) is 6.46. The molecule has 7 heteroatoms. The molecular formula is C21H23N3O4. The van der Waals surface area contributed by atoms with E-state index in [0.29, 0.717) is 18.1 Å². The Balaban J connectivity index is 1.67. The number of benzene rings is 2. The quantitative estimate of drug-likeness (QED) is 0.664. The number of aryl methyl sites for hydroxylation is 3. The van der Waals surface area contributed by atoms with Crippen LogP contribution in [-0.4, -0.2) is 29.4 Å². The molecule has 0 aliphatic heterocycles. The molecular weight excluding hydrogens is 358 g/mol. The number of amides is 1. The van der Waals surface area contributed by atoms with Crippen LogP contribution in [0.2, 0.25) is 0 Å². The van der Waals surface area contributed by atoms with Crippen molar-refractivity contribution in [3.8, 4) is 22.8 Å². The summed E-state index contributed by atoms with van der Waals surface area (Å²) >= 11 is 0. The Labute approximate surface area is 163 Å². The minimum absolute atomic E-state index is 0.142. The first-order valence-corrected chi connectivity index (χ1v) is 9.04. The lowest BCUT2D eigenvalue weighted by molar-refractivity contribution is -0.118. The third kappa shape index (κ3) is 4.49. The van der Waals surface area contributed by atoms with Gasteiger partial charge in [0, 0.05) is 5.56 Å².